The molecule has 0 unspecified atom stereocenters. The van der Waals surface area contributed by atoms with Crippen molar-refractivity contribution in [1.82, 2.24) is 4.98 Å². The van der Waals surface area contributed by atoms with Crippen molar-refractivity contribution < 1.29 is 9.90 Å². The fraction of sp³-hybridized carbons (Fsp3) is 0.167. The summed E-state index contributed by atoms with van der Waals surface area (Å²) in [4.78, 5) is 25.2. The van der Waals surface area contributed by atoms with Crippen molar-refractivity contribution >= 4 is 28.5 Å². The van der Waals surface area contributed by atoms with E-state index in [0.717, 1.165) is 12.0 Å². The minimum absolute atomic E-state index is 0.00782. The van der Waals surface area contributed by atoms with E-state index in [9.17, 15) is 9.59 Å². The van der Waals surface area contributed by atoms with Crippen molar-refractivity contribution in [1.29, 1.82) is 0 Å². The van der Waals surface area contributed by atoms with Crippen molar-refractivity contribution in [3.8, 4) is 0 Å². The van der Waals surface area contributed by atoms with Gasteiger partial charge in [-0.3, -0.25) is 4.79 Å². The highest BCUT2D eigenvalue weighted by Gasteiger charge is 2.17. The number of carbonyl (C=O) groups is 1. The number of carboxylic acids is 1. The number of rotatable bonds is 2. The van der Waals surface area contributed by atoms with E-state index in [1.165, 1.54) is 0 Å². The van der Waals surface area contributed by atoms with Gasteiger partial charge in [-0.15, -0.1) is 0 Å². The summed E-state index contributed by atoms with van der Waals surface area (Å²) in [6.07, 6.45) is 0.732. The fourth-order valence-electron chi connectivity index (χ4n) is 1.83. The molecule has 1 aromatic heterocycles. The molecule has 0 aliphatic heterocycles. The molecular formula is C12H10ClNO3. The summed E-state index contributed by atoms with van der Waals surface area (Å²) >= 11 is 5.97. The second-order valence-corrected chi connectivity index (χ2v) is 4.02. The van der Waals surface area contributed by atoms with E-state index in [1.54, 1.807) is 12.1 Å². The van der Waals surface area contributed by atoms with Crippen LogP contribution >= 0.6 is 11.6 Å². The highest BCUT2D eigenvalue weighted by molar-refractivity contribution is 6.38. The third kappa shape index (κ3) is 1.80. The standard InChI is InChI=1S/C12H10ClNO3/c1-2-6-4-3-5-7-9(13)8(12(16)17)11(15)14-10(6)7/h3-5H,2H2,1H3,(H,14,15)(H,16,17). The molecule has 0 aliphatic carbocycles. The topological polar surface area (TPSA) is 70.2 Å². The Morgan fingerprint density at radius 3 is 2.76 bits per heavy atom. The molecule has 2 aromatic rings. The molecule has 0 aliphatic rings. The zero-order valence-electron chi connectivity index (χ0n) is 9.08. The van der Waals surface area contributed by atoms with Gasteiger partial charge in [-0.2, -0.15) is 0 Å². The Labute approximate surface area is 102 Å². The lowest BCUT2D eigenvalue weighted by Gasteiger charge is -2.07. The van der Waals surface area contributed by atoms with Gasteiger partial charge in [0.15, 0.2) is 0 Å². The summed E-state index contributed by atoms with van der Waals surface area (Å²) in [5, 5.41) is 9.48. The number of pyridine rings is 1. The van der Waals surface area contributed by atoms with Gasteiger partial charge in [0.05, 0.1) is 10.5 Å². The predicted octanol–water partition coefficient (Wildman–Crippen LogP) is 2.44. The molecule has 0 spiro atoms. The predicted molar refractivity (Wildman–Crippen MR) is 65.9 cm³/mol. The van der Waals surface area contributed by atoms with Crippen LogP contribution in [0, 0.1) is 0 Å². The molecule has 2 N–H and O–H groups in total. The third-order valence-corrected chi connectivity index (χ3v) is 3.06. The molecule has 17 heavy (non-hydrogen) atoms. The van der Waals surface area contributed by atoms with Crippen LogP contribution in [0.4, 0.5) is 0 Å². The number of carboxylic acid groups (broad SMARTS) is 1. The Hall–Kier alpha value is -1.81. The van der Waals surface area contributed by atoms with Gasteiger partial charge in [-0.05, 0) is 12.0 Å². The molecule has 0 bridgehead atoms. The molecule has 0 fully saturated rings. The van der Waals surface area contributed by atoms with Crippen molar-refractivity contribution in [2.75, 3.05) is 0 Å². The summed E-state index contributed by atoms with van der Waals surface area (Å²) in [5.74, 6) is -1.32. The second-order valence-electron chi connectivity index (χ2n) is 3.64. The van der Waals surface area contributed by atoms with Crippen LogP contribution in [-0.2, 0) is 6.42 Å². The van der Waals surface area contributed by atoms with Crippen LogP contribution in [0.2, 0.25) is 5.02 Å². The summed E-state index contributed by atoms with van der Waals surface area (Å²) in [7, 11) is 0. The van der Waals surface area contributed by atoms with E-state index >= 15 is 0 Å². The van der Waals surface area contributed by atoms with Crippen LogP contribution in [0.1, 0.15) is 22.8 Å². The van der Waals surface area contributed by atoms with Crippen LogP contribution in [-0.4, -0.2) is 16.1 Å². The maximum Gasteiger partial charge on any atom is 0.342 e. The molecule has 4 nitrogen and oxygen atoms in total. The number of H-pyrrole nitrogens is 1. The smallest absolute Gasteiger partial charge is 0.342 e. The number of aromatic amines is 1. The monoisotopic (exact) mass is 251 g/mol. The van der Waals surface area contributed by atoms with Crippen molar-refractivity contribution in [3.05, 3.63) is 44.7 Å². The first-order valence-corrected chi connectivity index (χ1v) is 5.50. The molecule has 0 saturated heterocycles. The second kappa shape index (κ2) is 4.22. The van der Waals surface area contributed by atoms with Gasteiger partial charge in [0, 0.05) is 5.39 Å². The van der Waals surface area contributed by atoms with Crippen LogP contribution in [0.15, 0.2) is 23.0 Å². The normalized spacial score (nSPS) is 10.7. The van der Waals surface area contributed by atoms with E-state index in [-0.39, 0.29) is 5.02 Å². The molecule has 1 aromatic carbocycles. The van der Waals surface area contributed by atoms with E-state index in [0.29, 0.717) is 10.9 Å². The third-order valence-electron chi connectivity index (χ3n) is 2.67. The number of hydrogen-bond acceptors (Lipinski definition) is 2. The molecular weight excluding hydrogens is 242 g/mol. The summed E-state index contributed by atoms with van der Waals surface area (Å²) in [6.45, 7) is 1.95. The Balaban J connectivity index is 2.96. The van der Waals surface area contributed by atoms with Gasteiger partial charge in [-0.25, -0.2) is 4.79 Å². The van der Waals surface area contributed by atoms with Crippen molar-refractivity contribution in [3.63, 3.8) is 0 Å². The Bertz CT molecular complexity index is 661. The number of benzene rings is 1. The maximum atomic E-state index is 11.6. The zero-order chi connectivity index (χ0) is 12.6. The van der Waals surface area contributed by atoms with Crippen LogP contribution < -0.4 is 5.56 Å². The van der Waals surface area contributed by atoms with Gasteiger partial charge in [0.2, 0.25) is 0 Å². The highest BCUT2D eigenvalue weighted by atomic mass is 35.5. The lowest BCUT2D eigenvalue weighted by Crippen LogP contribution is -2.18. The summed E-state index contributed by atoms with van der Waals surface area (Å²) in [5.41, 5.74) is 0.455. The van der Waals surface area contributed by atoms with Crippen LogP contribution in [0.25, 0.3) is 10.9 Å². The lowest BCUT2D eigenvalue weighted by atomic mass is 10.1. The first-order chi connectivity index (χ1) is 8.06. The fourth-order valence-corrected chi connectivity index (χ4v) is 2.15. The van der Waals surface area contributed by atoms with Crippen molar-refractivity contribution in [2.24, 2.45) is 0 Å². The van der Waals surface area contributed by atoms with E-state index in [1.807, 2.05) is 13.0 Å². The quantitative estimate of drug-likeness (QED) is 0.861. The minimum atomic E-state index is -1.32. The molecule has 1 heterocycles. The number of halogens is 1. The van der Waals surface area contributed by atoms with E-state index in [4.69, 9.17) is 16.7 Å². The number of hydrogen-bond donors (Lipinski definition) is 2. The van der Waals surface area contributed by atoms with Gasteiger partial charge >= 0.3 is 5.97 Å². The highest BCUT2D eigenvalue weighted by Crippen LogP contribution is 2.25. The minimum Gasteiger partial charge on any atom is -0.477 e. The Kier molecular flexibility index (Phi) is 2.90. The Morgan fingerprint density at radius 1 is 1.47 bits per heavy atom. The number of nitrogens with one attached hydrogen (secondary N) is 1. The SMILES string of the molecule is CCc1cccc2c(Cl)c(C(=O)O)c(=O)[nH]c12. The molecule has 0 radical (unpaired) electrons. The van der Waals surface area contributed by atoms with Gasteiger partial charge in [0.1, 0.15) is 5.56 Å². The summed E-state index contributed by atoms with van der Waals surface area (Å²) < 4.78 is 0. The lowest BCUT2D eigenvalue weighted by molar-refractivity contribution is 0.0695. The Morgan fingerprint density at radius 2 is 2.18 bits per heavy atom. The molecule has 0 amide bonds. The van der Waals surface area contributed by atoms with Gasteiger partial charge < -0.3 is 10.1 Å². The number of para-hydroxylation sites is 1. The van der Waals surface area contributed by atoms with Crippen molar-refractivity contribution in [2.45, 2.75) is 13.3 Å². The molecule has 88 valence electrons. The summed E-state index contributed by atoms with van der Waals surface area (Å²) in [6, 6.07) is 5.35. The first-order valence-electron chi connectivity index (χ1n) is 5.13. The average Bonchev–Trinajstić information content (AvgIpc) is 2.28. The number of fused-ring (bicyclic) bond motifs is 1. The number of aromatic carboxylic acids is 1. The molecule has 0 saturated carbocycles. The number of aryl methyl sites for hydroxylation is 1. The van der Waals surface area contributed by atoms with Crippen LogP contribution in [0.5, 0.6) is 0 Å². The molecule has 2 rings (SSSR count). The average molecular weight is 252 g/mol. The van der Waals surface area contributed by atoms with Gasteiger partial charge in [0.25, 0.3) is 5.56 Å². The van der Waals surface area contributed by atoms with E-state index in [2.05, 4.69) is 4.98 Å². The first kappa shape index (κ1) is 11.7. The largest absolute Gasteiger partial charge is 0.477 e. The molecule has 5 heteroatoms. The zero-order valence-corrected chi connectivity index (χ0v) is 9.84. The maximum absolute atomic E-state index is 11.6. The molecule has 0 atom stereocenters. The van der Waals surface area contributed by atoms with Gasteiger partial charge in [-0.1, -0.05) is 36.7 Å². The van der Waals surface area contributed by atoms with E-state index < -0.39 is 17.1 Å². The van der Waals surface area contributed by atoms with Crippen LogP contribution in [0.3, 0.4) is 0 Å². The number of aromatic nitrogens is 1.